The number of hydrogen-bond acceptors (Lipinski definition) is 6. The molecule has 1 heterocycles. The summed E-state index contributed by atoms with van der Waals surface area (Å²) >= 11 is 6.99. The zero-order chi connectivity index (χ0) is 14.2. The maximum absolute atomic E-state index is 5.59. The predicted octanol–water partition coefficient (Wildman–Crippen LogP) is 3.18. The van der Waals surface area contributed by atoms with Gasteiger partial charge in [-0.05, 0) is 36.2 Å². The van der Waals surface area contributed by atoms with Crippen LogP contribution >= 0.6 is 22.9 Å². The van der Waals surface area contributed by atoms with Crippen molar-refractivity contribution in [2.24, 2.45) is 5.10 Å². The molecule has 106 valence electrons. The second-order valence-electron chi connectivity index (χ2n) is 3.91. The number of nitrogens with zero attached hydrogens (tertiary/aromatic N) is 2. The van der Waals surface area contributed by atoms with E-state index < -0.39 is 0 Å². The number of thiazole rings is 1. The fourth-order valence-corrected chi connectivity index (χ4v) is 2.05. The molecule has 2 aromatic rings. The Morgan fingerprint density at radius 3 is 2.85 bits per heavy atom. The lowest BCUT2D eigenvalue weighted by Crippen LogP contribution is -1.97. The van der Waals surface area contributed by atoms with Gasteiger partial charge in [-0.2, -0.15) is 5.10 Å². The summed E-state index contributed by atoms with van der Waals surface area (Å²) in [4.78, 5) is 4.04. The number of alkyl halides is 1. The molecular weight excluding hydrogens is 296 g/mol. The lowest BCUT2D eigenvalue weighted by molar-refractivity contribution is 0.318. The molecule has 0 amide bonds. The SMILES string of the molecule is Nc1csc(NN=Cc2ccc(OCCCCl)cc2)n1. The van der Waals surface area contributed by atoms with Crippen LogP contribution in [0.4, 0.5) is 10.9 Å². The van der Waals surface area contributed by atoms with Crippen molar-refractivity contribution in [2.45, 2.75) is 6.42 Å². The van der Waals surface area contributed by atoms with Crippen LogP contribution in [-0.2, 0) is 0 Å². The molecule has 2 rings (SSSR count). The molecule has 3 N–H and O–H groups in total. The van der Waals surface area contributed by atoms with E-state index in [1.54, 1.807) is 11.6 Å². The molecule has 5 nitrogen and oxygen atoms in total. The summed E-state index contributed by atoms with van der Waals surface area (Å²) < 4.78 is 5.51. The molecule has 0 bridgehead atoms. The maximum Gasteiger partial charge on any atom is 0.205 e. The largest absolute Gasteiger partial charge is 0.494 e. The highest BCUT2D eigenvalue weighted by molar-refractivity contribution is 7.14. The topological polar surface area (TPSA) is 72.5 Å². The molecule has 0 unspecified atom stereocenters. The van der Waals surface area contributed by atoms with Crippen LogP contribution in [0.15, 0.2) is 34.7 Å². The first-order valence-electron chi connectivity index (χ1n) is 6.07. The van der Waals surface area contributed by atoms with Crippen LogP contribution in [0.1, 0.15) is 12.0 Å². The van der Waals surface area contributed by atoms with Crippen LogP contribution in [0.5, 0.6) is 5.75 Å². The van der Waals surface area contributed by atoms with Gasteiger partial charge in [0, 0.05) is 11.3 Å². The highest BCUT2D eigenvalue weighted by Crippen LogP contribution is 2.16. The Bertz CT molecular complexity index is 556. The van der Waals surface area contributed by atoms with Crippen LogP contribution < -0.4 is 15.9 Å². The second-order valence-corrected chi connectivity index (χ2v) is 5.14. The average molecular weight is 311 g/mol. The molecule has 0 spiro atoms. The number of nitrogen functional groups attached to an aromatic ring is 1. The lowest BCUT2D eigenvalue weighted by Gasteiger charge is -2.04. The number of hydrazone groups is 1. The molecular formula is C13H15ClN4OS. The van der Waals surface area contributed by atoms with E-state index in [1.165, 1.54) is 11.3 Å². The van der Waals surface area contributed by atoms with Gasteiger partial charge in [-0.15, -0.1) is 22.9 Å². The van der Waals surface area contributed by atoms with Crippen molar-refractivity contribution in [1.29, 1.82) is 0 Å². The van der Waals surface area contributed by atoms with Crippen LogP contribution in [0.3, 0.4) is 0 Å². The Morgan fingerprint density at radius 1 is 1.40 bits per heavy atom. The molecule has 0 aliphatic carbocycles. The number of hydrogen-bond donors (Lipinski definition) is 2. The van der Waals surface area contributed by atoms with Gasteiger partial charge >= 0.3 is 0 Å². The van der Waals surface area contributed by atoms with E-state index >= 15 is 0 Å². The first-order chi connectivity index (χ1) is 9.78. The minimum Gasteiger partial charge on any atom is -0.494 e. The average Bonchev–Trinajstić information content (AvgIpc) is 2.87. The van der Waals surface area contributed by atoms with Crippen LogP contribution in [-0.4, -0.2) is 23.7 Å². The molecule has 7 heteroatoms. The molecule has 1 aromatic heterocycles. The molecule has 0 aliphatic rings. The Balaban J connectivity index is 1.83. The fraction of sp³-hybridized carbons (Fsp3) is 0.231. The lowest BCUT2D eigenvalue weighted by atomic mass is 10.2. The summed E-state index contributed by atoms with van der Waals surface area (Å²) in [7, 11) is 0. The van der Waals surface area contributed by atoms with E-state index in [1.807, 2.05) is 24.3 Å². The third-order valence-electron chi connectivity index (χ3n) is 2.32. The van der Waals surface area contributed by atoms with Crippen molar-refractivity contribution in [3.8, 4) is 5.75 Å². The summed E-state index contributed by atoms with van der Waals surface area (Å²) in [6.07, 6.45) is 2.55. The van der Waals surface area contributed by atoms with Gasteiger partial charge in [-0.3, -0.25) is 5.43 Å². The van der Waals surface area contributed by atoms with Gasteiger partial charge in [0.15, 0.2) is 0 Å². The Kier molecular flexibility index (Phi) is 5.64. The van der Waals surface area contributed by atoms with Crippen LogP contribution in [0, 0.1) is 0 Å². The van der Waals surface area contributed by atoms with Crippen molar-refractivity contribution < 1.29 is 4.74 Å². The Morgan fingerprint density at radius 2 is 2.20 bits per heavy atom. The van der Waals surface area contributed by atoms with E-state index in [9.17, 15) is 0 Å². The Labute approximate surface area is 126 Å². The number of nitrogens with two attached hydrogens (primary N) is 1. The summed E-state index contributed by atoms with van der Waals surface area (Å²) in [5, 5.41) is 6.51. The molecule has 0 fully saturated rings. The summed E-state index contributed by atoms with van der Waals surface area (Å²) in [5.74, 6) is 1.93. The van der Waals surface area contributed by atoms with Crippen LogP contribution in [0.2, 0.25) is 0 Å². The standard InChI is InChI=1S/C13H15ClN4OS/c14-6-1-7-19-11-4-2-10(3-5-11)8-16-18-13-17-12(15)9-20-13/h2-5,8-9H,1,6-7,15H2,(H,17,18). The predicted molar refractivity (Wildman–Crippen MR) is 85.0 cm³/mol. The third kappa shape index (κ3) is 4.71. The quantitative estimate of drug-likeness (QED) is 0.356. The highest BCUT2D eigenvalue weighted by Gasteiger charge is 1.96. The molecule has 20 heavy (non-hydrogen) atoms. The Hall–Kier alpha value is -1.79. The number of ether oxygens (including phenoxy) is 1. The van der Waals surface area contributed by atoms with Gasteiger partial charge in [-0.1, -0.05) is 0 Å². The van der Waals surface area contributed by atoms with Gasteiger partial charge < -0.3 is 10.5 Å². The van der Waals surface area contributed by atoms with Crippen molar-refractivity contribution in [1.82, 2.24) is 4.98 Å². The van der Waals surface area contributed by atoms with Crippen molar-refractivity contribution in [3.63, 3.8) is 0 Å². The maximum atomic E-state index is 5.59. The zero-order valence-corrected chi connectivity index (χ0v) is 12.3. The molecule has 0 saturated carbocycles. The summed E-state index contributed by atoms with van der Waals surface area (Å²) in [6.45, 7) is 0.629. The van der Waals surface area contributed by atoms with E-state index in [-0.39, 0.29) is 0 Å². The van der Waals surface area contributed by atoms with E-state index in [2.05, 4.69) is 15.5 Å². The van der Waals surface area contributed by atoms with Gasteiger partial charge in [0.1, 0.15) is 11.6 Å². The molecule has 0 radical (unpaired) electrons. The van der Waals surface area contributed by atoms with E-state index in [0.717, 1.165) is 17.7 Å². The third-order valence-corrected chi connectivity index (χ3v) is 3.35. The number of benzene rings is 1. The van der Waals surface area contributed by atoms with Crippen molar-refractivity contribution in [2.75, 3.05) is 23.6 Å². The van der Waals surface area contributed by atoms with Crippen molar-refractivity contribution in [3.05, 3.63) is 35.2 Å². The minimum atomic E-state index is 0.492. The molecule has 1 aromatic carbocycles. The van der Waals surface area contributed by atoms with E-state index in [4.69, 9.17) is 22.1 Å². The van der Waals surface area contributed by atoms with E-state index in [0.29, 0.717) is 23.4 Å². The summed E-state index contributed by atoms with van der Waals surface area (Å²) in [5.41, 5.74) is 9.30. The van der Waals surface area contributed by atoms with Crippen molar-refractivity contribution >= 4 is 40.1 Å². The zero-order valence-electron chi connectivity index (χ0n) is 10.8. The number of nitrogens with one attached hydrogen (secondary N) is 1. The first kappa shape index (κ1) is 14.6. The first-order valence-corrected chi connectivity index (χ1v) is 7.48. The molecule has 0 aliphatic heterocycles. The van der Waals surface area contributed by atoms with Crippen LogP contribution in [0.25, 0.3) is 0 Å². The molecule has 0 saturated heterocycles. The fourth-order valence-electron chi connectivity index (χ4n) is 1.39. The van der Waals surface area contributed by atoms with Gasteiger partial charge in [0.25, 0.3) is 0 Å². The minimum absolute atomic E-state index is 0.492. The monoisotopic (exact) mass is 310 g/mol. The second kappa shape index (κ2) is 7.72. The number of aromatic nitrogens is 1. The normalized spacial score (nSPS) is 10.8. The smallest absolute Gasteiger partial charge is 0.205 e. The summed E-state index contributed by atoms with van der Waals surface area (Å²) in [6, 6.07) is 7.66. The number of halogens is 1. The van der Waals surface area contributed by atoms with Gasteiger partial charge in [-0.25, -0.2) is 4.98 Å². The number of anilines is 2. The van der Waals surface area contributed by atoms with Gasteiger partial charge in [0.05, 0.1) is 12.8 Å². The number of rotatable bonds is 7. The molecule has 0 atom stereocenters. The van der Waals surface area contributed by atoms with Gasteiger partial charge in [0.2, 0.25) is 5.13 Å². The highest BCUT2D eigenvalue weighted by atomic mass is 35.5.